The van der Waals surface area contributed by atoms with Gasteiger partial charge >= 0.3 is 12.1 Å². The van der Waals surface area contributed by atoms with Crippen molar-refractivity contribution in [2.24, 2.45) is 0 Å². The van der Waals surface area contributed by atoms with Crippen molar-refractivity contribution in [2.45, 2.75) is 28.1 Å². The Bertz CT molecular complexity index is 1160. The summed E-state index contributed by atoms with van der Waals surface area (Å²) in [6.07, 6.45) is -4.19. The first kappa shape index (κ1) is 24.8. The van der Waals surface area contributed by atoms with Crippen molar-refractivity contribution in [1.82, 2.24) is 5.32 Å². The predicted molar refractivity (Wildman–Crippen MR) is 101 cm³/mol. The Morgan fingerprint density at radius 2 is 1.58 bits per heavy atom. The lowest BCUT2D eigenvalue weighted by Crippen LogP contribution is -2.48. The summed E-state index contributed by atoms with van der Waals surface area (Å²) in [5.74, 6) is -3.98. The van der Waals surface area contributed by atoms with Gasteiger partial charge in [0.1, 0.15) is 17.9 Å². The maximum atomic E-state index is 13.5. The van der Waals surface area contributed by atoms with Gasteiger partial charge in [-0.05, 0) is 35.9 Å². The minimum Gasteiger partial charge on any atom is -0.480 e. The topological polar surface area (TPSA) is 118 Å². The summed E-state index contributed by atoms with van der Waals surface area (Å²) in [4.78, 5) is 10.6. The SMILES string of the molecule is CS(=O)(=O)c1cccc(S(=O)(=O)CC(N[C@@H](c2ccc(F)cc2)C(F)(F)F)C(=O)O)c1. The zero-order valence-corrected chi connectivity index (χ0v) is 17.4. The van der Waals surface area contributed by atoms with Gasteiger partial charge in [-0.25, -0.2) is 21.2 Å². The second-order valence-corrected chi connectivity index (χ2v) is 10.7. The van der Waals surface area contributed by atoms with Crippen molar-refractivity contribution in [3.05, 3.63) is 59.9 Å². The molecule has 0 aliphatic rings. The van der Waals surface area contributed by atoms with Crippen LogP contribution in [0.4, 0.5) is 17.6 Å². The molecule has 0 heterocycles. The number of halogens is 4. The molecule has 0 saturated carbocycles. The summed E-state index contributed by atoms with van der Waals surface area (Å²) in [5.41, 5.74) is -0.517. The fourth-order valence-electron chi connectivity index (χ4n) is 2.64. The van der Waals surface area contributed by atoms with Crippen LogP contribution in [0.15, 0.2) is 58.3 Å². The third-order valence-electron chi connectivity index (χ3n) is 4.18. The van der Waals surface area contributed by atoms with Gasteiger partial charge < -0.3 is 5.11 Å². The van der Waals surface area contributed by atoms with Gasteiger partial charge in [-0.15, -0.1) is 0 Å². The zero-order chi connectivity index (χ0) is 23.6. The van der Waals surface area contributed by atoms with E-state index in [4.69, 9.17) is 0 Å². The number of alkyl halides is 3. The van der Waals surface area contributed by atoms with Crippen LogP contribution < -0.4 is 5.32 Å². The fraction of sp³-hybridized carbons (Fsp3) is 0.278. The molecular formula is C18H17F4NO6S2. The summed E-state index contributed by atoms with van der Waals surface area (Å²) in [7, 11) is -8.29. The van der Waals surface area contributed by atoms with Gasteiger partial charge in [0.2, 0.25) is 0 Å². The number of rotatable bonds is 8. The smallest absolute Gasteiger partial charge is 0.407 e. The molecule has 1 unspecified atom stereocenters. The molecule has 0 aliphatic carbocycles. The Balaban J connectivity index is 2.39. The van der Waals surface area contributed by atoms with E-state index in [0.29, 0.717) is 0 Å². The lowest BCUT2D eigenvalue weighted by molar-refractivity contribution is -0.162. The number of benzene rings is 2. The molecule has 0 radical (unpaired) electrons. The highest BCUT2D eigenvalue weighted by atomic mass is 32.2. The highest BCUT2D eigenvalue weighted by Gasteiger charge is 2.43. The maximum Gasteiger partial charge on any atom is 0.407 e. The van der Waals surface area contributed by atoms with Crippen LogP contribution >= 0.6 is 0 Å². The number of carboxylic acid groups (broad SMARTS) is 1. The molecule has 170 valence electrons. The van der Waals surface area contributed by atoms with Crippen LogP contribution in [-0.4, -0.2) is 52.1 Å². The lowest BCUT2D eigenvalue weighted by Gasteiger charge is -2.26. The Hall–Kier alpha value is -2.51. The third-order valence-corrected chi connectivity index (χ3v) is 7.03. The first-order chi connectivity index (χ1) is 14.1. The molecule has 13 heteroatoms. The average molecular weight is 483 g/mol. The molecule has 2 rings (SSSR count). The highest BCUT2D eigenvalue weighted by molar-refractivity contribution is 7.92. The molecule has 0 amide bonds. The quantitative estimate of drug-likeness (QED) is 0.554. The maximum absolute atomic E-state index is 13.5. The van der Waals surface area contributed by atoms with E-state index < -0.39 is 65.9 Å². The molecular weight excluding hydrogens is 466 g/mol. The Kier molecular flexibility index (Phi) is 7.13. The Labute approximate surface area is 175 Å². The van der Waals surface area contributed by atoms with E-state index in [9.17, 15) is 44.3 Å². The van der Waals surface area contributed by atoms with Crippen LogP contribution in [0, 0.1) is 5.82 Å². The molecule has 0 bridgehead atoms. The second-order valence-electron chi connectivity index (χ2n) is 6.61. The van der Waals surface area contributed by atoms with E-state index in [2.05, 4.69) is 0 Å². The first-order valence-corrected chi connectivity index (χ1v) is 12.0. The standard InChI is InChI=1S/C18H17F4NO6S2/c1-30(26,27)13-3-2-4-14(9-13)31(28,29)10-15(17(24)25)23-16(18(20,21)22)11-5-7-12(19)8-6-11/h2-9,15-16,23H,10H2,1H3,(H,24,25)/t15?,16-/m0/s1. The monoisotopic (exact) mass is 483 g/mol. The van der Waals surface area contributed by atoms with E-state index in [1.165, 1.54) is 0 Å². The fourth-order valence-corrected chi connectivity index (χ4v) is 4.84. The normalized spacial score (nSPS) is 14.7. The van der Waals surface area contributed by atoms with E-state index in [1.807, 2.05) is 0 Å². The second kappa shape index (κ2) is 8.93. The zero-order valence-electron chi connectivity index (χ0n) is 15.8. The summed E-state index contributed by atoms with van der Waals surface area (Å²) >= 11 is 0. The van der Waals surface area contributed by atoms with E-state index in [1.54, 1.807) is 5.32 Å². The van der Waals surface area contributed by atoms with Crippen molar-refractivity contribution < 1.29 is 44.3 Å². The number of carboxylic acids is 1. The van der Waals surface area contributed by atoms with Gasteiger partial charge in [0.15, 0.2) is 19.7 Å². The van der Waals surface area contributed by atoms with Crippen molar-refractivity contribution in [2.75, 3.05) is 12.0 Å². The Morgan fingerprint density at radius 1 is 1.03 bits per heavy atom. The van der Waals surface area contributed by atoms with Crippen molar-refractivity contribution in [3.8, 4) is 0 Å². The van der Waals surface area contributed by atoms with Gasteiger partial charge in [-0.1, -0.05) is 18.2 Å². The van der Waals surface area contributed by atoms with Crippen molar-refractivity contribution in [1.29, 1.82) is 0 Å². The van der Waals surface area contributed by atoms with Crippen LogP contribution in [0.2, 0.25) is 0 Å². The molecule has 2 N–H and O–H groups in total. The lowest BCUT2D eigenvalue weighted by atomic mass is 10.1. The highest BCUT2D eigenvalue weighted by Crippen LogP contribution is 2.33. The van der Waals surface area contributed by atoms with Crippen LogP contribution in [0.5, 0.6) is 0 Å². The van der Waals surface area contributed by atoms with E-state index in [-0.39, 0.29) is 4.90 Å². The summed E-state index contributed by atoms with van der Waals surface area (Å²) in [6.45, 7) is 0. The molecule has 7 nitrogen and oxygen atoms in total. The minimum absolute atomic E-state index is 0.354. The van der Waals surface area contributed by atoms with Gasteiger partial charge in [0.05, 0.1) is 15.5 Å². The van der Waals surface area contributed by atoms with Crippen LogP contribution in [0.1, 0.15) is 11.6 Å². The number of hydrogen-bond donors (Lipinski definition) is 2. The van der Waals surface area contributed by atoms with E-state index in [0.717, 1.165) is 54.8 Å². The van der Waals surface area contributed by atoms with Crippen LogP contribution in [0.25, 0.3) is 0 Å². The molecule has 2 aromatic carbocycles. The van der Waals surface area contributed by atoms with Gasteiger partial charge in [0.25, 0.3) is 0 Å². The number of aliphatic carboxylic acids is 1. The molecule has 31 heavy (non-hydrogen) atoms. The number of sulfone groups is 2. The molecule has 2 aromatic rings. The van der Waals surface area contributed by atoms with Gasteiger partial charge in [-0.3, -0.25) is 10.1 Å². The predicted octanol–water partition coefficient (Wildman–Crippen LogP) is 2.35. The molecule has 2 atom stereocenters. The molecule has 0 spiro atoms. The van der Waals surface area contributed by atoms with E-state index >= 15 is 0 Å². The summed E-state index contributed by atoms with van der Waals surface area (Å²) in [6, 6.07) is 2.33. The molecule has 0 saturated heterocycles. The Morgan fingerprint density at radius 3 is 2.06 bits per heavy atom. The van der Waals surface area contributed by atoms with Crippen molar-refractivity contribution in [3.63, 3.8) is 0 Å². The molecule has 0 fully saturated rings. The third kappa shape index (κ3) is 6.48. The van der Waals surface area contributed by atoms with Crippen LogP contribution in [0.3, 0.4) is 0 Å². The average Bonchev–Trinajstić information content (AvgIpc) is 2.64. The molecule has 0 aromatic heterocycles. The number of carbonyl (C=O) groups is 1. The van der Waals surface area contributed by atoms with Gasteiger partial charge in [-0.2, -0.15) is 13.2 Å². The number of nitrogens with one attached hydrogen (secondary N) is 1. The summed E-state index contributed by atoms with van der Waals surface area (Å²) in [5, 5.41) is 11.1. The largest absolute Gasteiger partial charge is 0.480 e. The van der Waals surface area contributed by atoms with Crippen molar-refractivity contribution >= 4 is 25.6 Å². The summed E-state index contributed by atoms with van der Waals surface area (Å²) < 4.78 is 102. The van der Waals surface area contributed by atoms with Gasteiger partial charge in [0, 0.05) is 6.26 Å². The molecule has 0 aliphatic heterocycles. The minimum atomic E-state index is -5.02. The first-order valence-electron chi connectivity index (χ1n) is 8.45. The number of hydrogen-bond acceptors (Lipinski definition) is 6. The van der Waals surface area contributed by atoms with Crippen LogP contribution in [-0.2, 0) is 24.5 Å².